The molecule has 6 heteroatoms. The van der Waals surface area contributed by atoms with E-state index in [2.05, 4.69) is 58.3 Å². The molecule has 4 aromatic carbocycles. The fraction of sp³-hybridized carbons (Fsp3) is 0.278. The van der Waals surface area contributed by atoms with Crippen LogP contribution in [0.1, 0.15) is 36.1 Å². The summed E-state index contributed by atoms with van der Waals surface area (Å²) in [5.74, 6) is -0.614. The van der Waals surface area contributed by atoms with E-state index < -0.39 is 11.1 Å². The Kier molecular flexibility index (Phi) is 9.15. The number of carbonyl (C=O) groups is 2. The molecule has 0 amide bonds. The summed E-state index contributed by atoms with van der Waals surface area (Å²) in [5.41, 5.74) is 2.95. The number of nitrogens with zero attached hydrogens (tertiary/aromatic N) is 2. The van der Waals surface area contributed by atoms with Gasteiger partial charge in [-0.25, -0.2) is 0 Å². The summed E-state index contributed by atoms with van der Waals surface area (Å²) in [7, 11) is 0. The molecule has 0 N–H and O–H groups in total. The summed E-state index contributed by atoms with van der Waals surface area (Å²) < 4.78 is 11.6. The number of hydrogen-bond acceptors (Lipinski definition) is 6. The quantitative estimate of drug-likeness (QED) is 0.234. The van der Waals surface area contributed by atoms with Gasteiger partial charge >= 0.3 is 11.9 Å². The fourth-order valence-corrected chi connectivity index (χ4v) is 6.32. The lowest BCUT2D eigenvalue weighted by Crippen LogP contribution is -2.62. The molecule has 42 heavy (non-hydrogen) atoms. The van der Waals surface area contributed by atoms with Crippen LogP contribution in [0.4, 0.5) is 0 Å². The fourth-order valence-electron chi connectivity index (χ4n) is 6.32. The van der Waals surface area contributed by atoms with Gasteiger partial charge in [0, 0.05) is 40.0 Å². The van der Waals surface area contributed by atoms with E-state index in [4.69, 9.17) is 9.47 Å². The van der Waals surface area contributed by atoms with Crippen LogP contribution in [0.2, 0.25) is 0 Å². The number of esters is 2. The molecule has 0 saturated carbocycles. The van der Waals surface area contributed by atoms with E-state index in [0.717, 1.165) is 22.3 Å². The molecule has 1 aliphatic heterocycles. The summed E-state index contributed by atoms with van der Waals surface area (Å²) in [5, 5.41) is 0. The van der Waals surface area contributed by atoms with Gasteiger partial charge in [0.25, 0.3) is 0 Å². The van der Waals surface area contributed by atoms with Gasteiger partial charge in [-0.3, -0.25) is 19.4 Å². The molecule has 1 saturated heterocycles. The highest BCUT2D eigenvalue weighted by molar-refractivity contribution is 5.66. The Hall–Kier alpha value is -4.26. The number of ether oxygens (including phenoxy) is 2. The number of rotatable bonds is 10. The monoisotopic (exact) mass is 562 g/mol. The van der Waals surface area contributed by atoms with Crippen LogP contribution in [0.15, 0.2) is 121 Å². The summed E-state index contributed by atoms with van der Waals surface area (Å²) >= 11 is 0. The summed E-state index contributed by atoms with van der Waals surface area (Å²) in [6.07, 6.45) is 0. The molecule has 0 radical (unpaired) electrons. The summed E-state index contributed by atoms with van der Waals surface area (Å²) in [6, 6.07) is 41.2. The normalized spacial score (nSPS) is 14.7. The van der Waals surface area contributed by atoms with Crippen molar-refractivity contribution in [3.63, 3.8) is 0 Å². The van der Waals surface area contributed by atoms with Gasteiger partial charge in [0.15, 0.2) is 0 Å². The standard InChI is InChI=1S/C36H38N2O4/c1-29(39)41-27-35(31-15-7-3-8-16-31,32-17-9-4-10-18-32)37-23-25-38(26-24-37)36(28-42-30(2)40,33-19-11-5-12-20-33)34-21-13-6-14-22-34/h3-22H,23-28H2,1-2H3. The van der Waals surface area contributed by atoms with Crippen LogP contribution in [0.5, 0.6) is 0 Å². The van der Waals surface area contributed by atoms with Crippen LogP contribution in [0, 0.1) is 0 Å². The second-order valence-electron chi connectivity index (χ2n) is 10.7. The molecule has 1 heterocycles. The van der Waals surface area contributed by atoms with Crippen LogP contribution < -0.4 is 0 Å². The van der Waals surface area contributed by atoms with Crippen LogP contribution >= 0.6 is 0 Å². The van der Waals surface area contributed by atoms with Crippen LogP contribution in [0.3, 0.4) is 0 Å². The number of hydrogen-bond donors (Lipinski definition) is 0. The lowest BCUT2D eigenvalue weighted by Gasteiger charge is -2.52. The highest BCUT2D eigenvalue weighted by Crippen LogP contribution is 2.41. The van der Waals surface area contributed by atoms with Crippen LogP contribution in [-0.4, -0.2) is 61.1 Å². The average molecular weight is 563 g/mol. The molecule has 6 nitrogen and oxygen atoms in total. The van der Waals surface area contributed by atoms with Gasteiger partial charge in [0.05, 0.1) is 0 Å². The molecule has 5 rings (SSSR count). The molecule has 0 unspecified atom stereocenters. The summed E-state index contributed by atoms with van der Waals surface area (Å²) in [6.45, 7) is 6.13. The third-order valence-corrected chi connectivity index (χ3v) is 8.33. The number of piperazine rings is 1. The molecule has 0 aromatic heterocycles. The minimum Gasteiger partial charge on any atom is -0.463 e. The number of benzene rings is 4. The van der Waals surface area contributed by atoms with Crippen molar-refractivity contribution in [3.8, 4) is 0 Å². The van der Waals surface area contributed by atoms with Gasteiger partial charge in [-0.1, -0.05) is 121 Å². The van der Waals surface area contributed by atoms with Crippen LogP contribution in [0.25, 0.3) is 0 Å². The predicted octanol–water partition coefficient (Wildman–Crippen LogP) is 5.62. The maximum atomic E-state index is 12.2. The minimum absolute atomic E-state index is 0.201. The van der Waals surface area contributed by atoms with Crippen LogP contribution in [-0.2, 0) is 30.1 Å². The molecular formula is C36H38N2O4. The lowest BCUT2D eigenvalue weighted by molar-refractivity contribution is -0.148. The maximum absolute atomic E-state index is 12.2. The molecule has 0 spiro atoms. The Balaban J connectivity index is 1.57. The molecular weight excluding hydrogens is 524 g/mol. The van der Waals surface area contributed by atoms with E-state index in [-0.39, 0.29) is 25.2 Å². The van der Waals surface area contributed by atoms with Crippen molar-refractivity contribution in [3.05, 3.63) is 144 Å². The lowest BCUT2D eigenvalue weighted by atomic mass is 9.79. The first-order valence-corrected chi connectivity index (χ1v) is 14.5. The van der Waals surface area contributed by atoms with E-state index in [1.54, 1.807) is 0 Å². The Morgan fingerprint density at radius 1 is 0.500 bits per heavy atom. The van der Waals surface area contributed by atoms with Gasteiger partial charge in [-0.2, -0.15) is 0 Å². The van der Waals surface area contributed by atoms with Crippen molar-refractivity contribution in [1.29, 1.82) is 0 Å². The summed E-state index contributed by atoms with van der Waals surface area (Å²) in [4.78, 5) is 29.2. The number of carbonyl (C=O) groups excluding carboxylic acids is 2. The first-order chi connectivity index (χ1) is 20.5. The van der Waals surface area contributed by atoms with Gasteiger partial charge in [0.1, 0.15) is 24.3 Å². The Morgan fingerprint density at radius 3 is 0.952 bits per heavy atom. The molecule has 0 bridgehead atoms. The topological polar surface area (TPSA) is 59.1 Å². The van der Waals surface area contributed by atoms with Crippen molar-refractivity contribution >= 4 is 11.9 Å². The SMILES string of the molecule is CC(=O)OCC(c1ccccc1)(c1ccccc1)N1CCN(C(COC(C)=O)(c2ccccc2)c2ccccc2)CC1. The van der Waals surface area contributed by atoms with Gasteiger partial charge < -0.3 is 9.47 Å². The van der Waals surface area contributed by atoms with Crippen molar-refractivity contribution in [1.82, 2.24) is 9.80 Å². The highest BCUT2D eigenvalue weighted by Gasteiger charge is 2.47. The molecule has 4 aromatic rings. The van der Waals surface area contributed by atoms with E-state index in [0.29, 0.717) is 26.2 Å². The molecule has 1 fully saturated rings. The maximum Gasteiger partial charge on any atom is 0.302 e. The van der Waals surface area contributed by atoms with E-state index >= 15 is 0 Å². The first kappa shape index (κ1) is 29.2. The zero-order valence-electron chi connectivity index (χ0n) is 24.3. The van der Waals surface area contributed by atoms with E-state index in [1.165, 1.54) is 13.8 Å². The predicted molar refractivity (Wildman–Crippen MR) is 164 cm³/mol. The van der Waals surface area contributed by atoms with Gasteiger partial charge in [0.2, 0.25) is 0 Å². The van der Waals surface area contributed by atoms with Crippen molar-refractivity contribution in [2.24, 2.45) is 0 Å². The zero-order valence-corrected chi connectivity index (χ0v) is 24.3. The second kappa shape index (κ2) is 13.1. The molecule has 216 valence electrons. The van der Waals surface area contributed by atoms with Gasteiger partial charge in [-0.15, -0.1) is 0 Å². The van der Waals surface area contributed by atoms with E-state index in [1.807, 2.05) is 72.8 Å². The van der Waals surface area contributed by atoms with Crippen molar-refractivity contribution in [2.45, 2.75) is 24.9 Å². The zero-order chi connectivity index (χ0) is 29.4. The van der Waals surface area contributed by atoms with Crippen molar-refractivity contribution < 1.29 is 19.1 Å². The smallest absolute Gasteiger partial charge is 0.302 e. The minimum atomic E-state index is -0.668. The third-order valence-electron chi connectivity index (χ3n) is 8.33. The first-order valence-electron chi connectivity index (χ1n) is 14.5. The Morgan fingerprint density at radius 2 is 0.738 bits per heavy atom. The third kappa shape index (κ3) is 5.87. The van der Waals surface area contributed by atoms with Gasteiger partial charge in [-0.05, 0) is 22.3 Å². The second-order valence-corrected chi connectivity index (χ2v) is 10.7. The largest absolute Gasteiger partial charge is 0.463 e. The average Bonchev–Trinajstić information content (AvgIpc) is 3.04. The Labute approximate surface area is 248 Å². The molecule has 0 atom stereocenters. The molecule has 0 aliphatic carbocycles. The van der Waals surface area contributed by atoms with Crippen molar-refractivity contribution in [2.75, 3.05) is 39.4 Å². The Bertz CT molecular complexity index is 1250. The molecule has 1 aliphatic rings. The van der Waals surface area contributed by atoms with E-state index in [9.17, 15) is 9.59 Å². The highest BCUT2D eigenvalue weighted by atomic mass is 16.5.